The van der Waals surface area contributed by atoms with E-state index in [0.29, 0.717) is 22.8 Å². The zero-order chi connectivity index (χ0) is 22.1. The van der Waals surface area contributed by atoms with Gasteiger partial charge in [-0.2, -0.15) is 4.31 Å². The molecule has 0 aromatic heterocycles. The van der Waals surface area contributed by atoms with Crippen molar-refractivity contribution < 1.29 is 36.6 Å². The van der Waals surface area contributed by atoms with Crippen LogP contribution in [0, 0.1) is 5.82 Å². The van der Waals surface area contributed by atoms with Gasteiger partial charge in [-0.05, 0) is 41.5 Å². The lowest BCUT2D eigenvalue weighted by molar-refractivity contribution is -0.141. The van der Waals surface area contributed by atoms with Crippen molar-refractivity contribution in [3.05, 3.63) is 47.3 Å². The van der Waals surface area contributed by atoms with E-state index >= 15 is 0 Å². The SMILES string of the molecule is COC(=O)C[C@H]1c2cc(F)ccc2S(=O)(=O)N1Cc1cc(OC)c(OC)c(OC)c1. The third kappa shape index (κ3) is 3.80. The number of fused-ring (bicyclic) bond motifs is 1. The predicted octanol–water partition coefficient (Wildman–Crippen LogP) is 2.66. The van der Waals surface area contributed by atoms with Gasteiger partial charge >= 0.3 is 5.97 Å². The quantitative estimate of drug-likeness (QED) is 0.613. The van der Waals surface area contributed by atoms with Crippen molar-refractivity contribution in [2.75, 3.05) is 28.4 Å². The molecular formula is C20H22FNO7S. The molecule has 10 heteroatoms. The Bertz CT molecular complexity index is 1050. The van der Waals surface area contributed by atoms with Crippen molar-refractivity contribution in [1.82, 2.24) is 4.31 Å². The number of ether oxygens (including phenoxy) is 4. The summed E-state index contributed by atoms with van der Waals surface area (Å²) in [5.41, 5.74) is 0.754. The summed E-state index contributed by atoms with van der Waals surface area (Å²) in [5, 5.41) is 0. The Kier molecular flexibility index (Phi) is 6.18. The first-order valence-electron chi connectivity index (χ1n) is 8.93. The van der Waals surface area contributed by atoms with Crippen LogP contribution in [0.1, 0.15) is 23.6 Å². The van der Waals surface area contributed by atoms with Crippen LogP contribution in [0.5, 0.6) is 17.2 Å². The van der Waals surface area contributed by atoms with Gasteiger partial charge in [0.25, 0.3) is 0 Å². The molecule has 3 rings (SSSR count). The van der Waals surface area contributed by atoms with E-state index in [1.807, 2.05) is 0 Å². The van der Waals surface area contributed by atoms with E-state index in [1.165, 1.54) is 34.5 Å². The lowest BCUT2D eigenvalue weighted by atomic mass is 10.0. The normalized spacial score (nSPS) is 17.3. The van der Waals surface area contributed by atoms with Gasteiger partial charge < -0.3 is 18.9 Å². The third-order valence-electron chi connectivity index (χ3n) is 4.92. The second-order valence-corrected chi connectivity index (χ2v) is 8.42. The second kappa shape index (κ2) is 8.49. The summed E-state index contributed by atoms with van der Waals surface area (Å²) in [7, 11) is 1.60. The molecule has 0 saturated heterocycles. The lowest BCUT2D eigenvalue weighted by Crippen LogP contribution is -2.29. The molecule has 0 amide bonds. The molecule has 0 N–H and O–H groups in total. The number of nitrogens with zero attached hydrogens (tertiary/aromatic N) is 1. The summed E-state index contributed by atoms with van der Waals surface area (Å²) in [6.07, 6.45) is -0.253. The van der Waals surface area contributed by atoms with Gasteiger partial charge in [-0.1, -0.05) is 0 Å². The van der Waals surface area contributed by atoms with Gasteiger partial charge in [0, 0.05) is 6.54 Å². The van der Waals surface area contributed by atoms with E-state index in [1.54, 1.807) is 12.1 Å². The van der Waals surface area contributed by atoms with E-state index < -0.39 is 27.9 Å². The number of carbonyl (C=O) groups excluding carboxylic acids is 1. The maximum atomic E-state index is 13.9. The van der Waals surface area contributed by atoms with Crippen molar-refractivity contribution in [3.8, 4) is 17.2 Å². The van der Waals surface area contributed by atoms with Crippen LogP contribution in [-0.2, 0) is 26.1 Å². The fourth-order valence-corrected chi connectivity index (χ4v) is 5.35. The van der Waals surface area contributed by atoms with E-state index in [2.05, 4.69) is 0 Å². The standard InChI is InChI=1S/C20H22FNO7S/c1-26-16-7-12(8-17(27-2)20(16)29-4)11-22-15(10-19(23)28-3)14-9-13(21)5-6-18(14)30(22,24)25/h5-9,15H,10-11H2,1-4H3/t15-/m0/s1. The minimum atomic E-state index is -3.97. The predicted molar refractivity (Wildman–Crippen MR) is 105 cm³/mol. The minimum absolute atomic E-state index is 0.0368. The fourth-order valence-electron chi connectivity index (χ4n) is 3.52. The fraction of sp³-hybridized carbons (Fsp3) is 0.350. The van der Waals surface area contributed by atoms with Crippen molar-refractivity contribution in [2.24, 2.45) is 0 Å². The number of hydrogen-bond acceptors (Lipinski definition) is 7. The van der Waals surface area contributed by atoms with Crippen LogP contribution in [0.4, 0.5) is 4.39 Å². The Morgan fingerprint density at radius 2 is 1.67 bits per heavy atom. The average Bonchev–Trinajstić information content (AvgIpc) is 2.93. The van der Waals surface area contributed by atoms with E-state index in [-0.39, 0.29) is 23.4 Å². The Hall–Kier alpha value is -2.85. The van der Waals surface area contributed by atoms with E-state index in [4.69, 9.17) is 18.9 Å². The van der Waals surface area contributed by atoms with Crippen molar-refractivity contribution in [2.45, 2.75) is 23.9 Å². The highest BCUT2D eigenvalue weighted by Crippen LogP contribution is 2.44. The second-order valence-electron chi connectivity index (χ2n) is 6.56. The molecule has 8 nitrogen and oxygen atoms in total. The molecule has 0 saturated carbocycles. The zero-order valence-corrected chi connectivity index (χ0v) is 17.8. The van der Waals surface area contributed by atoms with Crippen LogP contribution in [0.3, 0.4) is 0 Å². The van der Waals surface area contributed by atoms with Gasteiger partial charge in [-0.3, -0.25) is 4.79 Å². The molecule has 1 atom stereocenters. The summed E-state index contributed by atoms with van der Waals surface area (Å²) in [6.45, 7) is -0.100. The van der Waals surface area contributed by atoms with Gasteiger partial charge in [0.15, 0.2) is 11.5 Å². The molecular weight excluding hydrogens is 417 g/mol. The van der Waals surface area contributed by atoms with Crippen LogP contribution in [0.25, 0.3) is 0 Å². The summed E-state index contributed by atoms with van der Waals surface area (Å²) in [5.74, 6) is -0.117. The number of esters is 1. The largest absolute Gasteiger partial charge is 0.493 e. The Morgan fingerprint density at radius 1 is 1.03 bits per heavy atom. The highest BCUT2D eigenvalue weighted by Gasteiger charge is 2.44. The van der Waals surface area contributed by atoms with Gasteiger partial charge in [0.2, 0.25) is 15.8 Å². The van der Waals surface area contributed by atoms with Crippen LogP contribution in [0.15, 0.2) is 35.2 Å². The maximum Gasteiger partial charge on any atom is 0.307 e. The molecule has 0 aliphatic carbocycles. The number of hydrogen-bond donors (Lipinski definition) is 0. The van der Waals surface area contributed by atoms with Gasteiger partial charge in [-0.15, -0.1) is 0 Å². The van der Waals surface area contributed by atoms with Crippen molar-refractivity contribution >= 4 is 16.0 Å². The molecule has 0 bridgehead atoms. The molecule has 0 spiro atoms. The monoisotopic (exact) mass is 439 g/mol. The number of sulfonamides is 1. The number of benzene rings is 2. The first-order valence-corrected chi connectivity index (χ1v) is 10.4. The van der Waals surface area contributed by atoms with Gasteiger partial charge in [-0.25, -0.2) is 12.8 Å². The molecule has 30 heavy (non-hydrogen) atoms. The topological polar surface area (TPSA) is 91.4 Å². The highest BCUT2D eigenvalue weighted by molar-refractivity contribution is 7.89. The Balaban J connectivity index is 2.08. The number of carbonyl (C=O) groups is 1. The molecule has 0 radical (unpaired) electrons. The Morgan fingerprint density at radius 3 is 2.20 bits per heavy atom. The van der Waals surface area contributed by atoms with Crippen LogP contribution in [0.2, 0.25) is 0 Å². The van der Waals surface area contributed by atoms with Crippen LogP contribution < -0.4 is 14.2 Å². The van der Waals surface area contributed by atoms with Crippen molar-refractivity contribution in [3.63, 3.8) is 0 Å². The smallest absolute Gasteiger partial charge is 0.307 e. The van der Waals surface area contributed by atoms with Crippen LogP contribution >= 0.6 is 0 Å². The van der Waals surface area contributed by atoms with Crippen LogP contribution in [-0.4, -0.2) is 47.1 Å². The van der Waals surface area contributed by atoms with Crippen molar-refractivity contribution in [1.29, 1.82) is 0 Å². The van der Waals surface area contributed by atoms with Gasteiger partial charge in [0.05, 0.1) is 45.8 Å². The Labute approximate surface area is 174 Å². The summed E-state index contributed by atoms with van der Waals surface area (Å²) < 4.78 is 62.0. The molecule has 1 heterocycles. The summed E-state index contributed by atoms with van der Waals surface area (Å²) >= 11 is 0. The molecule has 1 aliphatic rings. The maximum absolute atomic E-state index is 13.9. The minimum Gasteiger partial charge on any atom is -0.493 e. The lowest BCUT2D eigenvalue weighted by Gasteiger charge is -2.23. The average molecular weight is 439 g/mol. The molecule has 1 aliphatic heterocycles. The van der Waals surface area contributed by atoms with E-state index in [9.17, 15) is 17.6 Å². The molecule has 2 aromatic rings. The van der Waals surface area contributed by atoms with Gasteiger partial charge in [0.1, 0.15) is 5.82 Å². The number of methoxy groups -OCH3 is 4. The summed E-state index contributed by atoms with van der Waals surface area (Å²) in [6, 6.07) is 5.75. The zero-order valence-electron chi connectivity index (χ0n) is 17.0. The number of rotatable bonds is 7. The first kappa shape index (κ1) is 21.8. The highest BCUT2D eigenvalue weighted by atomic mass is 32.2. The molecule has 2 aromatic carbocycles. The number of halogens is 1. The first-order chi connectivity index (χ1) is 14.3. The summed E-state index contributed by atoms with van der Waals surface area (Å²) in [4.78, 5) is 11.9. The molecule has 0 unspecified atom stereocenters. The third-order valence-corrected chi connectivity index (χ3v) is 6.84. The van der Waals surface area contributed by atoms with E-state index in [0.717, 1.165) is 16.4 Å². The molecule has 0 fully saturated rings. The molecule has 162 valence electrons.